The van der Waals surface area contributed by atoms with Crippen LogP contribution in [0.15, 0.2) is 0 Å². The third kappa shape index (κ3) is 2.96. The van der Waals surface area contributed by atoms with E-state index in [1.54, 1.807) is 0 Å². The van der Waals surface area contributed by atoms with E-state index in [2.05, 4.69) is 25.7 Å². The Labute approximate surface area is 82.5 Å². The fourth-order valence-electron chi connectivity index (χ4n) is 2.34. The maximum absolute atomic E-state index is 5.79. The van der Waals surface area contributed by atoms with Crippen LogP contribution in [0, 0.1) is 5.92 Å². The Balaban J connectivity index is 2.51. The van der Waals surface area contributed by atoms with Crippen molar-refractivity contribution in [2.24, 2.45) is 11.7 Å². The zero-order valence-corrected chi connectivity index (χ0v) is 9.29. The van der Waals surface area contributed by atoms with E-state index < -0.39 is 0 Å². The molecule has 2 atom stereocenters. The summed E-state index contributed by atoms with van der Waals surface area (Å²) in [6, 6.07) is 1.39. The molecule has 0 saturated carbocycles. The second kappa shape index (κ2) is 4.97. The first-order valence-electron chi connectivity index (χ1n) is 5.61. The Kier molecular flexibility index (Phi) is 4.20. The Hall–Kier alpha value is -0.0800. The largest absolute Gasteiger partial charge is 0.329 e. The van der Waals surface area contributed by atoms with Crippen molar-refractivity contribution in [3.05, 3.63) is 0 Å². The third-order valence-corrected chi connectivity index (χ3v) is 3.04. The van der Waals surface area contributed by atoms with E-state index in [-0.39, 0.29) is 0 Å². The smallest absolute Gasteiger partial charge is 0.0221 e. The van der Waals surface area contributed by atoms with Gasteiger partial charge in [-0.25, -0.2) is 0 Å². The molecule has 1 saturated heterocycles. The monoisotopic (exact) mass is 184 g/mol. The average Bonchev–Trinajstić information content (AvgIpc) is 2.08. The van der Waals surface area contributed by atoms with Crippen LogP contribution < -0.4 is 5.73 Å². The van der Waals surface area contributed by atoms with Crippen molar-refractivity contribution in [1.82, 2.24) is 4.90 Å². The first-order chi connectivity index (χ1) is 6.15. The van der Waals surface area contributed by atoms with Crippen molar-refractivity contribution >= 4 is 0 Å². The molecule has 0 aromatic carbocycles. The van der Waals surface area contributed by atoms with Crippen LogP contribution in [0.25, 0.3) is 0 Å². The van der Waals surface area contributed by atoms with Crippen LogP contribution in [-0.2, 0) is 0 Å². The summed E-state index contributed by atoms with van der Waals surface area (Å²) < 4.78 is 0. The summed E-state index contributed by atoms with van der Waals surface area (Å²) >= 11 is 0. The molecule has 0 aromatic rings. The van der Waals surface area contributed by atoms with E-state index in [1.807, 2.05) is 0 Å². The minimum absolute atomic E-state index is 0.645. The summed E-state index contributed by atoms with van der Waals surface area (Å²) in [6.07, 6.45) is 4.01. The van der Waals surface area contributed by atoms with Gasteiger partial charge in [-0.05, 0) is 25.7 Å². The van der Waals surface area contributed by atoms with Gasteiger partial charge >= 0.3 is 0 Å². The summed E-state index contributed by atoms with van der Waals surface area (Å²) in [5, 5.41) is 0. The molecule has 1 heterocycles. The van der Waals surface area contributed by atoms with E-state index in [0.29, 0.717) is 6.04 Å². The molecule has 2 heteroatoms. The van der Waals surface area contributed by atoms with Gasteiger partial charge in [0.15, 0.2) is 0 Å². The van der Waals surface area contributed by atoms with Crippen LogP contribution in [0.1, 0.15) is 40.0 Å². The Morgan fingerprint density at radius 3 is 2.62 bits per heavy atom. The van der Waals surface area contributed by atoms with Crippen molar-refractivity contribution in [3.8, 4) is 0 Å². The highest BCUT2D eigenvalue weighted by molar-refractivity contribution is 4.83. The number of hydrogen-bond acceptors (Lipinski definition) is 2. The van der Waals surface area contributed by atoms with Gasteiger partial charge in [0.1, 0.15) is 0 Å². The maximum atomic E-state index is 5.79. The van der Waals surface area contributed by atoms with E-state index >= 15 is 0 Å². The topological polar surface area (TPSA) is 29.3 Å². The molecule has 78 valence electrons. The molecule has 0 spiro atoms. The fraction of sp³-hybridized carbons (Fsp3) is 1.00. The molecule has 1 fully saturated rings. The minimum atomic E-state index is 0.645. The van der Waals surface area contributed by atoms with Crippen LogP contribution >= 0.6 is 0 Å². The molecule has 0 aromatic heterocycles. The second-order valence-corrected chi connectivity index (χ2v) is 4.76. The minimum Gasteiger partial charge on any atom is -0.329 e. The van der Waals surface area contributed by atoms with Crippen molar-refractivity contribution in [2.45, 2.75) is 52.1 Å². The second-order valence-electron chi connectivity index (χ2n) is 4.76. The van der Waals surface area contributed by atoms with Gasteiger partial charge < -0.3 is 5.73 Å². The molecule has 2 N–H and O–H groups in total. The Morgan fingerprint density at radius 1 is 1.38 bits per heavy atom. The lowest BCUT2D eigenvalue weighted by Gasteiger charge is -2.41. The van der Waals surface area contributed by atoms with Gasteiger partial charge in [0.2, 0.25) is 0 Å². The SMILES string of the molecule is CC(C)CN1C(C)CCCC1CN. The van der Waals surface area contributed by atoms with Crippen LogP contribution in [0.3, 0.4) is 0 Å². The normalized spacial score (nSPS) is 31.2. The zero-order valence-electron chi connectivity index (χ0n) is 9.29. The average molecular weight is 184 g/mol. The van der Waals surface area contributed by atoms with Gasteiger partial charge in [0.05, 0.1) is 0 Å². The first-order valence-corrected chi connectivity index (χ1v) is 5.61. The van der Waals surface area contributed by atoms with Gasteiger partial charge in [-0.1, -0.05) is 20.3 Å². The summed E-state index contributed by atoms with van der Waals surface area (Å²) in [4.78, 5) is 2.61. The van der Waals surface area contributed by atoms with E-state index in [9.17, 15) is 0 Å². The number of nitrogens with two attached hydrogens (primary N) is 1. The zero-order chi connectivity index (χ0) is 9.84. The number of nitrogens with zero attached hydrogens (tertiary/aromatic N) is 1. The van der Waals surface area contributed by atoms with E-state index in [1.165, 1.54) is 25.8 Å². The van der Waals surface area contributed by atoms with E-state index in [4.69, 9.17) is 5.73 Å². The number of hydrogen-bond donors (Lipinski definition) is 1. The van der Waals surface area contributed by atoms with Gasteiger partial charge in [-0.15, -0.1) is 0 Å². The highest BCUT2D eigenvalue weighted by Crippen LogP contribution is 2.22. The standard InChI is InChI=1S/C11H24N2/c1-9(2)8-13-10(3)5-4-6-11(13)7-12/h9-11H,4-8,12H2,1-3H3. The lowest BCUT2D eigenvalue weighted by atomic mass is 9.95. The van der Waals surface area contributed by atoms with Crippen molar-refractivity contribution in [2.75, 3.05) is 13.1 Å². The summed E-state index contributed by atoms with van der Waals surface area (Å²) in [5.74, 6) is 0.759. The lowest BCUT2D eigenvalue weighted by Crippen LogP contribution is -2.50. The third-order valence-electron chi connectivity index (χ3n) is 3.04. The van der Waals surface area contributed by atoms with Crippen molar-refractivity contribution < 1.29 is 0 Å². The van der Waals surface area contributed by atoms with Gasteiger partial charge in [-0.2, -0.15) is 0 Å². The molecule has 1 rings (SSSR count). The molecule has 0 aliphatic carbocycles. The first kappa shape index (κ1) is 11.0. The van der Waals surface area contributed by atoms with Crippen molar-refractivity contribution in [3.63, 3.8) is 0 Å². The Bertz CT molecular complexity index is 145. The molecule has 2 unspecified atom stereocenters. The lowest BCUT2D eigenvalue weighted by molar-refractivity contribution is 0.0841. The highest BCUT2D eigenvalue weighted by atomic mass is 15.2. The molecule has 0 amide bonds. The van der Waals surface area contributed by atoms with E-state index in [0.717, 1.165) is 18.5 Å². The molecule has 13 heavy (non-hydrogen) atoms. The molecule has 2 nitrogen and oxygen atoms in total. The van der Waals surface area contributed by atoms with Crippen LogP contribution in [-0.4, -0.2) is 30.1 Å². The molecule has 0 bridgehead atoms. The predicted molar refractivity (Wildman–Crippen MR) is 57.7 cm³/mol. The maximum Gasteiger partial charge on any atom is 0.0221 e. The van der Waals surface area contributed by atoms with Crippen LogP contribution in [0.5, 0.6) is 0 Å². The summed E-state index contributed by atoms with van der Waals surface area (Å²) in [7, 11) is 0. The fourth-order valence-corrected chi connectivity index (χ4v) is 2.34. The molecular formula is C11H24N2. The number of piperidine rings is 1. The van der Waals surface area contributed by atoms with Gasteiger partial charge in [0.25, 0.3) is 0 Å². The molecular weight excluding hydrogens is 160 g/mol. The molecule has 1 aliphatic heterocycles. The highest BCUT2D eigenvalue weighted by Gasteiger charge is 2.26. The number of rotatable bonds is 3. The van der Waals surface area contributed by atoms with Crippen LogP contribution in [0.2, 0.25) is 0 Å². The predicted octanol–water partition coefficient (Wildman–Crippen LogP) is 1.84. The molecule has 1 aliphatic rings. The summed E-state index contributed by atoms with van der Waals surface area (Å²) in [6.45, 7) is 8.95. The molecule has 0 radical (unpaired) electrons. The number of likely N-dealkylation sites (tertiary alicyclic amines) is 1. The summed E-state index contributed by atoms with van der Waals surface area (Å²) in [5.41, 5.74) is 5.79. The van der Waals surface area contributed by atoms with Gasteiger partial charge in [0, 0.05) is 25.2 Å². The van der Waals surface area contributed by atoms with Crippen LogP contribution in [0.4, 0.5) is 0 Å². The quantitative estimate of drug-likeness (QED) is 0.725. The Morgan fingerprint density at radius 2 is 2.08 bits per heavy atom. The van der Waals surface area contributed by atoms with Gasteiger partial charge in [-0.3, -0.25) is 4.90 Å². The van der Waals surface area contributed by atoms with Crippen molar-refractivity contribution in [1.29, 1.82) is 0 Å².